The molecular formula is C16H15NO3S2. The Hall–Kier alpha value is -1.66. The van der Waals surface area contributed by atoms with Crippen LogP contribution in [0.2, 0.25) is 0 Å². The molecule has 0 saturated heterocycles. The fourth-order valence-corrected chi connectivity index (χ4v) is 4.45. The molecule has 0 unspecified atom stereocenters. The van der Waals surface area contributed by atoms with Crippen LogP contribution in [0.3, 0.4) is 0 Å². The molecule has 0 N–H and O–H groups in total. The number of aromatic nitrogens is 1. The molecule has 0 saturated carbocycles. The largest absolute Gasteiger partial charge is 0.425 e. The van der Waals surface area contributed by atoms with E-state index in [9.17, 15) is 9.59 Å². The summed E-state index contributed by atoms with van der Waals surface area (Å²) < 4.78 is 6.99. The van der Waals surface area contributed by atoms with Crippen LogP contribution in [0, 0.1) is 5.92 Å². The van der Waals surface area contributed by atoms with E-state index >= 15 is 0 Å². The van der Waals surface area contributed by atoms with Gasteiger partial charge in [0, 0.05) is 15.9 Å². The fourth-order valence-electron chi connectivity index (χ4n) is 2.55. The first-order chi connectivity index (χ1) is 10.7. The van der Waals surface area contributed by atoms with Crippen LogP contribution in [0.4, 0.5) is 0 Å². The molecule has 0 amide bonds. The number of nitrogens with zero attached hydrogens (tertiary/aromatic N) is 1. The van der Waals surface area contributed by atoms with Crippen molar-refractivity contribution in [3.05, 3.63) is 69.2 Å². The summed E-state index contributed by atoms with van der Waals surface area (Å²) in [6, 6.07) is 9.93. The summed E-state index contributed by atoms with van der Waals surface area (Å²) in [5, 5.41) is 0. The zero-order chi connectivity index (χ0) is 15.5. The highest BCUT2D eigenvalue weighted by Gasteiger charge is 2.33. The summed E-state index contributed by atoms with van der Waals surface area (Å²) in [7, 11) is 0. The van der Waals surface area contributed by atoms with E-state index in [-0.39, 0.29) is 17.7 Å². The molecule has 22 heavy (non-hydrogen) atoms. The molecule has 0 radical (unpaired) electrons. The molecule has 0 aliphatic carbocycles. The minimum atomic E-state index is -0.624. The molecule has 1 aromatic heterocycles. The van der Waals surface area contributed by atoms with Crippen molar-refractivity contribution in [1.29, 1.82) is 0 Å². The van der Waals surface area contributed by atoms with Crippen molar-refractivity contribution in [2.75, 3.05) is 12.0 Å². The van der Waals surface area contributed by atoms with E-state index in [1.807, 2.05) is 36.6 Å². The fraction of sp³-hybridized carbons (Fsp3) is 0.250. The van der Waals surface area contributed by atoms with Crippen LogP contribution in [-0.4, -0.2) is 22.5 Å². The molecule has 114 valence electrons. The van der Waals surface area contributed by atoms with Crippen LogP contribution in [0.15, 0.2) is 62.3 Å². The van der Waals surface area contributed by atoms with Crippen molar-refractivity contribution in [3.63, 3.8) is 0 Å². The first kappa shape index (κ1) is 15.2. The topological polar surface area (TPSA) is 52.2 Å². The van der Waals surface area contributed by atoms with Crippen LogP contribution < -0.4 is 5.76 Å². The molecule has 3 rings (SSSR count). The smallest absolute Gasteiger partial charge is 0.416 e. The van der Waals surface area contributed by atoms with Crippen LogP contribution in [0.25, 0.3) is 0 Å². The predicted octanol–water partition coefficient (Wildman–Crippen LogP) is 3.43. The number of allylic oxidation sites excluding steroid dienone is 1. The minimum absolute atomic E-state index is 0.0285. The van der Waals surface area contributed by atoms with E-state index in [4.69, 9.17) is 4.42 Å². The maximum absolute atomic E-state index is 12.7. The highest BCUT2D eigenvalue weighted by Crippen LogP contribution is 2.42. The van der Waals surface area contributed by atoms with Gasteiger partial charge in [-0.15, -0.1) is 23.5 Å². The van der Waals surface area contributed by atoms with E-state index in [2.05, 4.69) is 6.08 Å². The Balaban J connectivity index is 1.99. The maximum Gasteiger partial charge on any atom is 0.425 e. The second-order valence-corrected chi connectivity index (χ2v) is 7.09. The van der Waals surface area contributed by atoms with Crippen molar-refractivity contribution in [2.24, 2.45) is 5.92 Å². The van der Waals surface area contributed by atoms with Crippen LogP contribution in [0.1, 0.15) is 16.3 Å². The molecule has 2 atom stereocenters. The molecule has 1 aliphatic rings. The molecule has 2 aromatic rings. The highest BCUT2D eigenvalue weighted by molar-refractivity contribution is 8.22. The third-order valence-electron chi connectivity index (χ3n) is 3.67. The zero-order valence-electron chi connectivity index (χ0n) is 12.0. The van der Waals surface area contributed by atoms with Crippen molar-refractivity contribution in [3.8, 4) is 0 Å². The van der Waals surface area contributed by atoms with E-state index in [1.54, 1.807) is 23.5 Å². The number of carbonyl (C=O) groups excluding carboxylic acids is 1. The molecule has 1 aliphatic heterocycles. The van der Waals surface area contributed by atoms with Gasteiger partial charge in [0.2, 0.25) is 5.91 Å². The first-order valence-electron chi connectivity index (χ1n) is 6.84. The Kier molecular flexibility index (Phi) is 4.59. The average molecular weight is 333 g/mol. The van der Waals surface area contributed by atoms with E-state index < -0.39 is 5.76 Å². The van der Waals surface area contributed by atoms with Gasteiger partial charge < -0.3 is 4.42 Å². The Labute approximate surface area is 136 Å². The SMILES string of the molecule is CSC1=C[C@@H](c2ccccc2)[C@@H](C(=O)n2ccoc2=O)CS1. The first-order valence-corrected chi connectivity index (χ1v) is 9.05. The van der Waals surface area contributed by atoms with Gasteiger partial charge in [0.1, 0.15) is 6.26 Å². The molecule has 2 heterocycles. The van der Waals surface area contributed by atoms with E-state index in [1.165, 1.54) is 16.7 Å². The summed E-state index contributed by atoms with van der Waals surface area (Å²) in [5.41, 5.74) is 1.09. The van der Waals surface area contributed by atoms with Crippen LogP contribution in [-0.2, 0) is 0 Å². The minimum Gasteiger partial charge on any atom is -0.416 e. The quantitative estimate of drug-likeness (QED) is 0.861. The summed E-state index contributed by atoms with van der Waals surface area (Å²) in [6.45, 7) is 0. The molecular weight excluding hydrogens is 318 g/mol. The highest BCUT2D eigenvalue weighted by atomic mass is 32.2. The van der Waals surface area contributed by atoms with Gasteiger partial charge in [-0.3, -0.25) is 4.79 Å². The van der Waals surface area contributed by atoms with Gasteiger partial charge in [-0.05, 0) is 11.8 Å². The lowest BCUT2D eigenvalue weighted by atomic mass is 9.86. The predicted molar refractivity (Wildman–Crippen MR) is 90.3 cm³/mol. The third kappa shape index (κ3) is 2.94. The monoisotopic (exact) mass is 333 g/mol. The normalized spacial score (nSPS) is 21.4. The van der Waals surface area contributed by atoms with Gasteiger partial charge in [0.25, 0.3) is 0 Å². The van der Waals surface area contributed by atoms with Crippen molar-refractivity contribution < 1.29 is 9.21 Å². The summed E-state index contributed by atoms with van der Waals surface area (Å²) in [6.07, 6.45) is 6.80. The summed E-state index contributed by atoms with van der Waals surface area (Å²) in [5.74, 6) is -0.487. The van der Waals surface area contributed by atoms with Gasteiger partial charge in [-0.1, -0.05) is 36.4 Å². The Morgan fingerprint density at radius 3 is 2.77 bits per heavy atom. The van der Waals surface area contributed by atoms with Gasteiger partial charge in [0.15, 0.2) is 0 Å². The molecule has 0 fully saturated rings. The lowest BCUT2D eigenvalue weighted by molar-refractivity contribution is 0.0829. The summed E-state index contributed by atoms with van der Waals surface area (Å²) in [4.78, 5) is 24.3. The van der Waals surface area contributed by atoms with E-state index in [0.717, 1.165) is 10.1 Å². The molecule has 6 heteroatoms. The second kappa shape index (κ2) is 6.62. The van der Waals surface area contributed by atoms with Gasteiger partial charge in [-0.2, -0.15) is 0 Å². The molecule has 4 nitrogen and oxygen atoms in total. The number of thioether (sulfide) groups is 2. The Morgan fingerprint density at radius 2 is 2.14 bits per heavy atom. The Morgan fingerprint density at radius 1 is 1.36 bits per heavy atom. The van der Waals surface area contributed by atoms with Crippen LogP contribution >= 0.6 is 23.5 Å². The molecule has 0 bridgehead atoms. The zero-order valence-corrected chi connectivity index (χ0v) is 13.6. The van der Waals surface area contributed by atoms with Crippen molar-refractivity contribution in [2.45, 2.75) is 5.92 Å². The average Bonchev–Trinajstić information content (AvgIpc) is 3.00. The standard InChI is InChI=1S/C16H15NO3S2/c1-21-14-9-12(11-5-3-2-4-6-11)13(10-22-14)15(18)17-7-8-20-16(17)19/h2-9,12-13H,10H2,1H3/t12-,13-/m0/s1. The van der Waals surface area contributed by atoms with Gasteiger partial charge in [-0.25, -0.2) is 9.36 Å². The lowest BCUT2D eigenvalue weighted by Crippen LogP contribution is -2.34. The second-order valence-electron chi connectivity index (χ2n) is 4.92. The molecule has 1 aromatic carbocycles. The lowest BCUT2D eigenvalue weighted by Gasteiger charge is -2.28. The molecule has 0 spiro atoms. The third-order valence-corrected chi connectivity index (χ3v) is 6.01. The summed E-state index contributed by atoms with van der Waals surface area (Å²) >= 11 is 3.34. The van der Waals surface area contributed by atoms with Gasteiger partial charge >= 0.3 is 5.76 Å². The van der Waals surface area contributed by atoms with Crippen molar-refractivity contribution in [1.82, 2.24) is 4.57 Å². The number of benzene rings is 1. The van der Waals surface area contributed by atoms with Gasteiger partial charge in [0.05, 0.1) is 12.1 Å². The van der Waals surface area contributed by atoms with Crippen LogP contribution in [0.5, 0.6) is 0 Å². The number of hydrogen-bond donors (Lipinski definition) is 0. The maximum atomic E-state index is 12.7. The van der Waals surface area contributed by atoms with E-state index in [0.29, 0.717) is 5.75 Å². The number of oxazole rings is 1. The number of hydrogen-bond acceptors (Lipinski definition) is 5. The Bertz CT molecular complexity index is 748. The number of rotatable bonds is 3. The number of carbonyl (C=O) groups is 1. The van der Waals surface area contributed by atoms with Crippen molar-refractivity contribution >= 4 is 29.4 Å².